The molecule has 2 rings (SSSR count). The Bertz CT molecular complexity index is 345. The predicted octanol–water partition coefficient (Wildman–Crippen LogP) is 1.21. The first-order chi connectivity index (χ1) is 9.38. The van der Waals surface area contributed by atoms with Gasteiger partial charge in [0, 0.05) is 26.2 Å². The minimum atomic E-state index is -4.39. The van der Waals surface area contributed by atoms with Crippen molar-refractivity contribution in [3.8, 4) is 0 Å². The number of amides is 1. The van der Waals surface area contributed by atoms with E-state index in [1.807, 2.05) is 0 Å². The van der Waals surface area contributed by atoms with Crippen molar-refractivity contribution in [3.63, 3.8) is 0 Å². The summed E-state index contributed by atoms with van der Waals surface area (Å²) in [6.45, 7) is 1.91. The third kappa shape index (κ3) is 3.76. The normalized spacial score (nSPS) is 26.8. The second-order valence-corrected chi connectivity index (χ2v) is 5.47. The molecule has 116 valence electrons. The average Bonchev–Trinajstić information content (AvgIpc) is 2.39. The Hall–Kier alpha value is -1.02. The topological polar surface area (TPSA) is 55.8 Å². The van der Waals surface area contributed by atoms with Gasteiger partial charge in [-0.1, -0.05) is 0 Å². The van der Waals surface area contributed by atoms with Gasteiger partial charge in [0.1, 0.15) is 6.04 Å². The molecule has 8 heteroatoms. The zero-order valence-corrected chi connectivity index (χ0v) is 11.2. The molecule has 0 saturated carbocycles. The van der Waals surface area contributed by atoms with Gasteiger partial charge in [0.15, 0.2) is 0 Å². The lowest BCUT2D eigenvalue weighted by atomic mass is 9.96. The highest BCUT2D eigenvalue weighted by molar-refractivity contribution is 5.65. The minimum absolute atomic E-state index is 0.146. The average molecular weight is 295 g/mol. The first kappa shape index (κ1) is 15.4. The number of piperazine rings is 1. The largest absolute Gasteiger partial charge is 0.465 e. The molecular weight excluding hydrogens is 275 g/mol. The first-order valence-electron chi connectivity index (χ1n) is 6.87. The van der Waals surface area contributed by atoms with E-state index in [0.717, 1.165) is 30.8 Å². The molecule has 2 N–H and O–H groups in total. The second kappa shape index (κ2) is 6.17. The fourth-order valence-corrected chi connectivity index (χ4v) is 2.92. The summed E-state index contributed by atoms with van der Waals surface area (Å²) in [7, 11) is 0. The van der Waals surface area contributed by atoms with E-state index in [4.69, 9.17) is 5.11 Å². The predicted molar refractivity (Wildman–Crippen MR) is 66.6 cm³/mol. The quantitative estimate of drug-likeness (QED) is 0.804. The molecule has 0 aromatic heterocycles. The Morgan fingerprint density at radius 2 is 1.90 bits per heavy atom. The van der Waals surface area contributed by atoms with Gasteiger partial charge in [-0.05, 0) is 31.8 Å². The van der Waals surface area contributed by atoms with E-state index in [1.54, 1.807) is 0 Å². The van der Waals surface area contributed by atoms with Gasteiger partial charge >= 0.3 is 12.3 Å². The lowest BCUT2D eigenvalue weighted by molar-refractivity contribution is -0.196. The van der Waals surface area contributed by atoms with Crippen LogP contribution in [0, 0.1) is 5.92 Å². The lowest BCUT2D eigenvalue weighted by Crippen LogP contribution is -2.60. The zero-order chi connectivity index (χ0) is 14.8. The second-order valence-electron chi connectivity index (χ2n) is 5.47. The van der Waals surface area contributed by atoms with Crippen LogP contribution in [-0.2, 0) is 0 Å². The van der Waals surface area contributed by atoms with Crippen LogP contribution in [0.2, 0.25) is 0 Å². The maximum absolute atomic E-state index is 13.1. The summed E-state index contributed by atoms with van der Waals surface area (Å²) >= 11 is 0. The molecule has 1 atom stereocenters. The third-order valence-corrected chi connectivity index (χ3v) is 4.09. The van der Waals surface area contributed by atoms with Gasteiger partial charge in [0.05, 0.1) is 0 Å². The van der Waals surface area contributed by atoms with E-state index in [9.17, 15) is 18.0 Å². The van der Waals surface area contributed by atoms with Crippen LogP contribution in [0.5, 0.6) is 0 Å². The first-order valence-corrected chi connectivity index (χ1v) is 6.87. The SMILES string of the molecule is O=C(O)N1CCN(CC2CCNCC2)[C@H](C(F)(F)F)C1. The molecule has 2 saturated heterocycles. The molecular formula is C12H20F3N3O2. The Labute approximate surface area is 115 Å². The number of carboxylic acid groups (broad SMARTS) is 1. The van der Waals surface area contributed by atoms with Crippen molar-refractivity contribution in [2.75, 3.05) is 39.3 Å². The summed E-state index contributed by atoms with van der Waals surface area (Å²) in [4.78, 5) is 13.1. The van der Waals surface area contributed by atoms with Crippen molar-refractivity contribution in [3.05, 3.63) is 0 Å². The summed E-state index contributed by atoms with van der Waals surface area (Å²) in [6.07, 6.45) is -3.91. The van der Waals surface area contributed by atoms with Crippen LogP contribution in [0.25, 0.3) is 0 Å². The number of alkyl halides is 3. The summed E-state index contributed by atoms with van der Waals surface area (Å²) in [5.74, 6) is 0.262. The number of halogens is 3. The summed E-state index contributed by atoms with van der Waals surface area (Å²) < 4.78 is 39.3. The van der Waals surface area contributed by atoms with Crippen molar-refractivity contribution in [1.82, 2.24) is 15.1 Å². The van der Waals surface area contributed by atoms with Gasteiger partial charge < -0.3 is 15.3 Å². The summed E-state index contributed by atoms with van der Waals surface area (Å²) in [6, 6.07) is -1.68. The highest BCUT2D eigenvalue weighted by atomic mass is 19.4. The number of hydrogen-bond donors (Lipinski definition) is 2. The van der Waals surface area contributed by atoms with Gasteiger partial charge in [-0.3, -0.25) is 4.90 Å². The van der Waals surface area contributed by atoms with Crippen molar-refractivity contribution in [2.24, 2.45) is 5.92 Å². The van der Waals surface area contributed by atoms with Gasteiger partial charge in [-0.25, -0.2) is 4.79 Å². The molecule has 0 radical (unpaired) electrons. The maximum Gasteiger partial charge on any atom is 0.407 e. The number of hydrogen-bond acceptors (Lipinski definition) is 3. The Balaban J connectivity index is 2.00. The van der Waals surface area contributed by atoms with Gasteiger partial charge in [0.25, 0.3) is 0 Å². The van der Waals surface area contributed by atoms with Crippen LogP contribution in [0.4, 0.5) is 18.0 Å². The standard InChI is InChI=1S/C12H20F3N3O2/c13-12(14,15)10-8-18(11(19)20)6-5-17(10)7-9-1-3-16-4-2-9/h9-10,16H,1-8H2,(H,19,20)/t10-/m0/s1. The monoisotopic (exact) mass is 295 g/mol. The summed E-state index contributed by atoms with van der Waals surface area (Å²) in [5.41, 5.74) is 0. The fourth-order valence-electron chi connectivity index (χ4n) is 2.92. The van der Waals surface area contributed by atoms with Crippen molar-refractivity contribution >= 4 is 6.09 Å². The van der Waals surface area contributed by atoms with Crippen LogP contribution in [0.1, 0.15) is 12.8 Å². The van der Waals surface area contributed by atoms with E-state index in [2.05, 4.69) is 5.32 Å². The maximum atomic E-state index is 13.1. The number of carbonyl (C=O) groups is 1. The van der Waals surface area contributed by atoms with E-state index in [0.29, 0.717) is 6.54 Å². The van der Waals surface area contributed by atoms with Gasteiger partial charge in [0.2, 0.25) is 0 Å². The molecule has 0 aromatic rings. The number of piperidine rings is 1. The molecule has 2 aliphatic rings. The number of nitrogens with zero attached hydrogens (tertiary/aromatic N) is 2. The smallest absolute Gasteiger partial charge is 0.407 e. The van der Waals surface area contributed by atoms with E-state index in [1.165, 1.54) is 4.90 Å². The molecule has 20 heavy (non-hydrogen) atoms. The molecule has 5 nitrogen and oxygen atoms in total. The van der Waals surface area contributed by atoms with Crippen molar-refractivity contribution < 1.29 is 23.1 Å². The molecule has 2 aliphatic heterocycles. The molecule has 0 unspecified atom stereocenters. The molecule has 1 amide bonds. The highest BCUT2D eigenvalue weighted by Crippen LogP contribution is 2.29. The van der Waals surface area contributed by atoms with Crippen molar-refractivity contribution in [2.45, 2.75) is 25.1 Å². The van der Waals surface area contributed by atoms with Crippen molar-refractivity contribution in [1.29, 1.82) is 0 Å². The Morgan fingerprint density at radius 1 is 1.25 bits per heavy atom. The molecule has 0 aliphatic carbocycles. The highest BCUT2D eigenvalue weighted by Gasteiger charge is 2.47. The van der Waals surface area contributed by atoms with Gasteiger partial charge in [-0.2, -0.15) is 13.2 Å². The number of rotatable bonds is 2. The van der Waals surface area contributed by atoms with E-state index >= 15 is 0 Å². The third-order valence-electron chi connectivity index (χ3n) is 4.09. The summed E-state index contributed by atoms with van der Waals surface area (Å²) in [5, 5.41) is 12.0. The van der Waals surface area contributed by atoms with Gasteiger partial charge in [-0.15, -0.1) is 0 Å². The van der Waals surface area contributed by atoms with E-state index in [-0.39, 0.29) is 19.0 Å². The van der Waals surface area contributed by atoms with Crippen LogP contribution < -0.4 is 5.32 Å². The Kier molecular flexibility index (Phi) is 4.74. The molecule has 2 heterocycles. The Morgan fingerprint density at radius 3 is 2.45 bits per heavy atom. The van der Waals surface area contributed by atoms with Crippen LogP contribution in [-0.4, -0.2) is 72.5 Å². The molecule has 0 aromatic carbocycles. The molecule has 0 spiro atoms. The van der Waals surface area contributed by atoms with Crippen LogP contribution in [0.15, 0.2) is 0 Å². The fraction of sp³-hybridized carbons (Fsp3) is 0.917. The molecule has 0 bridgehead atoms. The van der Waals surface area contributed by atoms with E-state index < -0.39 is 24.9 Å². The zero-order valence-electron chi connectivity index (χ0n) is 11.2. The minimum Gasteiger partial charge on any atom is -0.465 e. The molecule has 2 fully saturated rings. The number of nitrogens with one attached hydrogen (secondary N) is 1. The lowest BCUT2D eigenvalue weighted by Gasteiger charge is -2.42. The van der Waals surface area contributed by atoms with Crippen LogP contribution in [0.3, 0.4) is 0 Å². The van der Waals surface area contributed by atoms with Crippen LogP contribution >= 0.6 is 0 Å².